The van der Waals surface area contributed by atoms with Gasteiger partial charge >= 0.3 is 0 Å². The third-order valence-corrected chi connectivity index (χ3v) is 5.77. The number of carbonyl (C=O) groups is 1. The number of likely N-dealkylation sites (tertiary alicyclic amines) is 1. The van der Waals surface area contributed by atoms with E-state index in [2.05, 4.69) is 66.2 Å². The number of hydrogen-bond donors (Lipinski definition) is 0. The molecule has 3 nitrogen and oxygen atoms in total. The van der Waals surface area contributed by atoms with Crippen molar-refractivity contribution in [3.8, 4) is 0 Å². The fourth-order valence-corrected chi connectivity index (χ4v) is 4.18. The van der Waals surface area contributed by atoms with E-state index in [1.165, 1.54) is 27.6 Å². The number of fused-ring (bicyclic) bond motifs is 1. The predicted octanol–water partition coefficient (Wildman–Crippen LogP) is 4.94. The highest BCUT2D eigenvalue weighted by Crippen LogP contribution is 2.25. The summed E-state index contributed by atoms with van der Waals surface area (Å²) >= 11 is 0. The van der Waals surface area contributed by atoms with Crippen LogP contribution in [0.3, 0.4) is 0 Å². The van der Waals surface area contributed by atoms with Crippen molar-refractivity contribution in [3.63, 3.8) is 0 Å². The first-order chi connectivity index (χ1) is 13.2. The van der Waals surface area contributed by atoms with E-state index in [9.17, 15) is 4.79 Å². The molecule has 1 amide bonds. The first-order valence-electron chi connectivity index (χ1n) is 10.1. The van der Waals surface area contributed by atoms with E-state index in [-0.39, 0.29) is 0 Å². The highest BCUT2D eigenvalue weighted by atomic mass is 16.2. The van der Waals surface area contributed by atoms with E-state index in [0.717, 1.165) is 45.3 Å². The van der Waals surface area contributed by atoms with Gasteiger partial charge in [0.15, 0.2) is 0 Å². The zero-order valence-electron chi connectivity index (χ0n) is 16.2. The second-order valence-corrected chi connectivity index (χ2v) is 7.67. The average Bonchev–Trinajstić information content (AvgIpc) is 3.33. The predicted molar refractivity (Wildman–Crippen MR) is 111 cm³/mol. The highest BCUT2D eigenvalue weighted by molar-refractivity contribution is 5.84. The minimum absolute atomic E-state index is 0.330. The summed E-state index contributed by atoms with van der Waals surface area (Å²) in [4.78, 5) is 14.3. The summed E-state index contributed by atoms with van der Waals surface area (Å²) < 4.78 is 2.36. The SMILES string of the molecule is Cc1ccccc1Cn1cc(CCCC(=O)N2CCCC2)c2ccccc21. The number of amides is 1. The lowest BCUT2D eigenvalue weighted by Crippen LogP contribution is -2.27. The monoisotopic (exact) mass is 360 g/mol. The number of hydrogen-bond acceptors (Lipinski definition) is 1. The van der Waals surface area contributed by atoms with Crippen molar-refractivity contribution in [3.05, 3.63) is 71.4 Å². The van der Waals surface area contributed by atoms with E-state index in [4.69, 9.17) is 0 Å². The van der Waals surface area contributed by atoms with Gasteiger partial charge in [0.25, 0.3) is 0 Å². The minimum Gasteiger partial charge on any atom is -0.343 e. The highest BCUT2D eigenvalue weighted by Gasteiger charge is 2.17. The molecule has 140 valence electrons. The van der Waals surface area contributed by atoms with Crippen LogP contribution in [0.1, 0.15) is 42.4 Å². The molecule has 1 aromatic heterocycles. The molecule has 0 N–H and O–H groups in total. The van der Waals surface area contributed by atoms with Crippen LogP contribution in [-0.4, -0.2) is 28.5 Å². The van der Waals surface area contributed by atoms with Crippen LogP contribution in [0.2, 0.25) is 0 Å². The van der Waals surface area contributed by atoms with E-state index in [0.29, 0.717) is 12.3 Å². The van der Waals surface area contributed by atoms with Gasteiger partial charge in [0.05, 0.1) is 0 Å². The molecule has 3 heteroatoms. The first-order valence-corrected chi connectivity index (χ1v) is 10.1. The summed E-state index contributed by atoms with van der Waals surface area (Å²) in [5, 5.41) is 1.32. The molecule has 27 heavy (non-hydrogen) atoms. The maximum atomic E-state index is 12.3. The van der Waals surface area contributed by atoms with Crippen molar-refractivity contribution in [2.75, 3.05) is 13.1 Å². The van der Waals surface area contributed by atoms with Crippen molar-refractivity contribution in [1.82, 2.24) is 9.47 Å². The minimum atomic E-state index is 0.330. The van der Waals surface area contributed by atoms with Crippen LogP contribution in [-0.2, 0) is 17.8 Å². The molecule has 0 saturated carbocycles. The summed E-state index contributed by atoms with van der Waals surface area (Å²) in [6.07, 6.45) is 7.17. The van der Waals surface area contributed by atoms with Gasteiger partial charge in [-0.3, -0.25) is 4.79 Å². The Balaban J connectivity index is 1.49. The number of rotatable bonds is 6. The summed E-state index contributed by atoms with van der Waals surface area (Å²) in [5.41, 5.74) is 5.32. The quantitative estimate of drug-likeness (QED) is 0.611. The maximum absolute atomic E-state index is 12.3. The van der Waals surface area contributed by atoms with Crippen LogP contribution >= 0.6 is 0 Å². The number of nitrogens with zero attached hydrogens (tertiary/aromatic N) is 2. The number of carbonyl (C=O) groups excluding carboxylic acids is 1. The van der Waals surface area contributed by atoms with Gasteiger partial charge in [-0.05, 0) is 55.4 Å². The summed E-state index contributed by atoms with van der Waals surface area (Å²) in [5.74, 6) is 0.330. The molecule has 0 spiro atoms. The van der Waals surface area contributed by atoms with Gasteiger partial charge in [-0.25, -0.2) is 0 Å². The molecule has 0 unspecified atom stereocenters. The Bertz CT molecular complexity index is 934. The standard InChI is InChI=1S/C24H28N2O/c1-19-9-2-3-10-20(19)17-26-18-21(22-12-4-5-13-23(22)26)11-8-14-24(27)25-15-6-7-16-25/h2-5,9-10,12-13,18H,6-8,11,14-17H2,1H3. The number of aromatic nitrogens is 1. The van der Waals surface area contributed by atoms with Crippen LogP contribution in [0.15, 0.2) is 54.7 Å². The van der Waals surface area contributed by atoms with Crippen LogP contribution in [0.4, 0.5) is 0 Å². The van der Waals surface area contributed by atoms with E-state index >= 15 is 0 Å². The second kappa shape index (κ2) is 7.99. The second-order valence-electron chi connectivity index (χ2n) is 7.67. The van der Waals surface area contributed by atoms with Gasteiger partial charge in [0, 0.05) is 43.2 Å². The Kier molecular flexibility index (Phi) is 5.28. The van der Waals surface area contributed by atoms with Crippen LogP contribution in [0.25, 0.3) is 10.9 Å². The Morgan fingerprint density at radius 1 is 0.963 bits per heavy atom. The molecule has 3 aromatic rings. The molecule has 1 aliphatic heterocycles. The lowest BCUT2D eigenvalue weighted by Gasteiger charge is -2.14. The lowest BCUT2D eigenvalue weighted by atomic mass is 10.1. The number of benzene rings is 2. The fraction of sp³-hybridized carbons (Fsp3) is 0.375. The summed E-state index contributed by atoms with van der Waals surface area (Å²) in [6.45, 7) is 4.97. The summed E-state index contributed by atoms with van der Waals surface area (Å²) in [7, 11) is 0. The Morgan fingerprint density at radius 3 is 2.52 bits per heavy atom. The largest absolute Gasteiger partial charge is 0.343 e. The van der Waals surface area contributed by atoms with Crippen molar-refractivity contribution < 1.29 is 4.79 Å². The first kappa shape index (κ1) is 17.8. The molecule has 0 aliphatic carbocycles. The van der Waals surface area contributed by atoms with Gasteiger partial charge < -0.3 is 9.47 Å². The molecular weight excluding hydrogens is 332 g/mol. The van der Waals surface area contributed by atoms with E-state index in [1.807, 2.05) is 4.90 Å². The van der Waals surface area contributed by atoms with Gasteiger partial charge in [0.2, 0.25) is 5.91 Å². The third kappa shape index (κ3) is 3.92. The molecule has 2 heterocycles. The van der Waals surface area contributed by atoms with Crippen LogP contribution < -0.4 is 0 Å². The molecular formula is C24H28N2O. The zero-order chi connectivity index (χ0) is 18.6. The van der Waals surface area contributed by atoms with E-state index in [1.54, 1.807) is 0 Å². The lowest BCUT2D eigenvalue weighted by molar-refractivity contribution is -0.130. The topological polar surface area (TPSA) is 25.2 Å². The molecule has 1 fully saturated rings. The summed E-state index contributed by atoms with van der Waals surface area (Å²) in [6, 6.07) is 17.2. The van der Waals surface area contributed by atoms with Crippen molar-refractivity contribution in [1.29, 1.82) is 0 Å². The molecule has 4 rings (SSSR count). The van der Waals surface area contributed by atoms with Gasteiger partial charge in [-0.2, -0.15) is 0 Å². The average molecular weight is 361 g/mol. The van der Waals surface area contributed by atoms with Crippen molar-refractivity contribution in [2.24, 2.45) is 0 Å². The van der Waals surface area contributed by atoms with Crippen molar-refractivity contribution >= 4 is 16.8 Å². The van der Waals surface area contributed by atoms with Gasteiger partial charge in [0.1, 0.15) is 0 Å². The van der Waals surface area contributed by atoms with Crippen molar-refractivity contribution in [2.45, 2.75) is 45.6 Å². The fourth-order valence-electron chi connectivity index (χ4n) is 4.18. The van der Waals surface area contributed by atoms with E-state index < -0.39 is 0 Å². The Morgan fingerprint density at radius 2 is 1.70 bits per heavy atom. The Labute approximate surface area is 161 Å². The normalized spacial score (nSPS) is 14.2. The molecule has 0 atom stereocenters. The molecule has 2 aromatic carbocycles. The molecule has 1 saturated heterocycles. The molecule has 0 bridgehead atoms. The van der Waals surface area contributed by atoms with Crippen LogP contribution in [0, 0.1) is 6.92 Å². The van der Waals surface area contributed by atoms with Gasteiger partial charge in [-0.1, -0.05) is 42.5 Å². The smallest absolute Gasteiger partial charge is 0.222 e. The number of para-hydroxylation sites is 1. The zero-order valence-corrected chi connectivity index (χ0v) is 16.2. The molecule has 1 aliphatic rings. The number of aryl methyl sites for hydroxylation is 2. The van der Waals surface area contributed by atoms with Gasteiger partial charge in [-0.15, -0.1) is 0 Å². The van der Waals surface area contributed by atoms with Crippen LogP contribution in [0.5, 0.6) is 0 Å². The Hall–Kier alpha value is -2.55. The third-order valence-electron chi connectivity index (χ3n) is 5.77. The maximum Gasteiger partial charge on any atom is 0.222 e. The molecule has 0 radical (unpaired) electrons.